The third kappa shape index (κ3) is 5.35. The molecule has 0 aromatic heterocycles. The molecular formula is C27H44O4. The van der Waals surface area contributed by atoms with Crippen LogP contribution in [-0.2, 0) is 0 Å². The Bertz CT molecular complexity index is 706. The normalized spacial score (nSPS) is 38.2. The van der Waals surface area contributed by atoms with Crippen molar-refractivity contribution in [3.63, 3.8) is 0 Å². The molecular weight excluding hydrogens is 388 g/mol. The van der Waals surface area contributed by atoms with Gasteiger partial charge in [0.2, 0.25) is 0 Å². The summed E-state index contributed by atoms with van der Waals surface area (Å²) < 4.78 is 0. The molecule has 3 aliphatic rings. The van der Waals surface area contributed by atoms with Crippen LogP contribution in [0.1, 0.15) is 85.0 Å². The van der Waals surface area contributed by atoms with Gasteiger partial charge in [0.25, 0.3) is 0 Å². The zero-order valence-corrected chi connectivity index (χ0v) is 19.8. The first kappa shape index (κ1) is 24.7. The van der Waals surface area contributed by atoms with E-state index in [0.29, 0.717) is 24.2 Å². The van der Waals surface area contributed by atoms with E-state index < -0.39 is 18.3 Å². The minimum Gasteiger partial charge on any atom is -0.393 e. The first-order valence-electron chi connectivity index (χ1n) is 12.4. The fourth-order valence-corrected chi connectivity index (χ4v) is 6.65. The van der Waals surface area contributed by atoms with Gasteiger partial charge in [-0.3, -0.25) is 0 Å². The maximum Gasteiger partial charge on any atom is 0.111 e. The number of hydrogen-bond donors (Lipinski definition) is 4. The molecule has 0 aromatic rings. The van der Waals surface area contributed by atoms with Crippen LogP contribution in [0.5, 0.6) is 0 Å². The highest BCUT2D eigenvalue weighted by molar-refractivity contribution is 5.36. The Balaban J connectivity index is 1.68. The Hall–Kier alpha value is -0.940. The average Bonchev–Trinajstić information content (AvgIpc) is 3.09. The van der Waals surface area contributed by atoms with E-state index in [-0.39, 0.29) is 11.5 Å². The van der Waals surface area contributed by atoms with Crippen molar-refractivity contribution in [3.8, 4) is 0 Å². The molecule has 31 heavy (non-hydrogen) atoms. The minimum absolute atomic E-state index is 0.231. The summed E-state index contributed by atoms with van der Waals surface area (Å²) in [6, 6.07) is 0. The van der Waals surface area contributed by atoms with Crippen LogP contribution in [0.25, 0.3) is 0 Å². The highest BCUT2D eigenvalue weighted by Crippen LogP contribution is 2.60. The van der Waals surface area contributed by atoms with Crippen LogP contribution in [0.2, 0.25) is 0 Å². The highest BCUT2D eigenvalue weighted by Gasteiger charge is 2.50. The summed E-state index contributed by atoms with van der Waals surface area (Å²) in [6.07, 6.45) is 13.4. The van der Waals surface area contributed by atoms with E-state index in [2.05, 4.69) is 32.6 Å². The SMILES string of the molecule is C=C1CC[C@H](O)C/C1=C/C=C1\CCC[C@@]2(C)C1CC[C@@H]2[C@H](C)CCC(O)C(C)(O)CO. The summed E-state index contributed by atoms with van der Waals surface area (Å²) >= 11 is 0. The topological polar surface area (TPSA) is 80.9 Å². The van der Waals surface area contributed by atoms with Crippen molar-refractivity contribution in [3.05, 3.63) is 35.5 Å². The molecule has 0 aliphatic heterocycles. The van der Waals surface area contributed by atoms with Crippen LogP contribution in [0.3, 0.4) is 0 Å². The molecule has 0 amide bonds. The Morgan fingerprint density at radius 2 is 1.94 bits per heavy atom. The van der Waals surface area contributed by atoms with Crippen LogP contribution >= 0.6 is 0 Å². The zero-order chi connectivity index (χ0) is 22.8. The van der Waals surface area contributed by atoms with Crippen molar-refractivity contribution in [2.45, 2.75) is 103 Å². The molecule has 3 fully saturated rings. The fraction of sp³-hybridized carbons (Fsp3) is 0.778. The van der Waals surface area contributed by atoms with E-state index in [9.17, 15) is 20.4 Å². The van der Waals surface area contributed by atoms with Crippen molar-refractivity contribution in [2.75, 3.05) is 6.61 Å². The number of hydrogen-bond acceptors (Lipinski definition) is 4. The summed E-state index contributed by atoms with van der Waals surface area (Å²) in [4.78, 5) is 0. The second kappa shape index (κ2) is 9.91. The molecule has 4 nitrogen and oxygen atoms in total. The molecule has 4 N–H and O–H groups in total. The fourth-order valence-electron chi connectivity index (χ4n) is 6.65. The predicted octanol–water partition coefficient (Wildman–Crippen LogP) is 4.68. The zero-order valence-electron chi connectivity index (χ0n) is 19.8. The largest absolute Gasteiger partial charge is 0.393 e. The van der Waals surface area contributed by atoms with Gasteiger partial charge in [-0.2, -0.15) is 0 Å². The minimum atomic E-state index is -1.42. The summed E-state index contributed by atoms with van der Waals surface area (Å²) in [5, 5.41) is 39.7. The van der Waals surface area contributed by atoms with Crippen molar-refractivity contribution >= 4 is 0 Å². The van der Waals surface area contributed by atoms with Crippen LogP contribution in [0.4, 0.5) is 0 Å². The third-order valence-electron chi connectivity index (χ3n) is 8.85. The lowest BCUT2D eigenvalue weighted by atomic mass is 9.60. The van der Waals surface area contributed by atoms with E-state index >= 15 is 0 Å². The van der Waals surface area contributed by atoms with Crippen molar-refractivity contribution in [2.24, 2.45) is 23.2 Å². The standard InChI is InChI=1S/C27H44O4/c1-18-7-11-22(29)16-21(18)10-9-20-6-5-15-26(3)23(12-13-24(20)26)19(2)8-14-25(30)27(4,31)17-28/h9-10,19,22-25,28-31H,1,5-8,11-17H2,2-4H3/b20-9+,21-10-/t19-,22+,23-,24?,25?,26-,27?/m1/s1. The van der Waals surface area contributed by atoms with E-state index in [4.69, 9.17) is 0 Å². The molecule has 0 heterocycles. The quantitative estimate of drug-likeness (QED) is 0.471. The maximum absolute atomic E-state index is 10.3. The van der Waals surface area contributed by atoms with Gasteiger partial charge in [-0.25, -0.2) is 0 Å². The lowest BCUT2D eigenvalue weighted by Crippen LogP contribution is -2.43. The second-order valence-electron chi connectivity index (χ2n) is 11.1. The van der Waals surface area contributed by atoms with Gasteiger partial charge in [0.05, 0.1) is 18.8 Å². The second-order valence-corrected chi connectivity index (χ2v) is 11.1. The number of aliphatic hydroxyl groups is 4. The molecule has 0 radical (unpaired) electrons. The molecule has 4 heteroatoms. The lowest BCUT2D eigenvalue weighted by molar-refractivity contribution is -0.0971. The highest BCUT2D eigenvalue weighted by atomic mass is 16.4. The summed E-state index contributed by atoms with van der Waals surface area (Å²) in [5.74, 6) is 1.70. The van der Waals surface area contributed by atoms with Crippen LogP contribution in [0, 0.1) is 23.2 Å². The van der Waals surface area contributed by atoms with Crippen LogP contribution in [-0.4, -0.2) is 44.8 Å². The van der Waals surface area contributed by atoms with Gasteiger partial charge < -0.3 is 20.4 Å². The maximum atomic E-state index is 10.3. The number of fused-ring (bicyclic) bond motifs is 1. The first-order chi connectivity index (χ1) is 14.6. The number of allylic oxidation sites excluding steroid dienone is 4. The number of aliphatic hydroxyl groups excluding tert-OH is 3. The van der Waals surface area contributed by atoms with Gasteiger partial charge in [0.15, 0.2) is 0 Å². The molecule has 0 saturated heterocycles. The van der Waals surface area contributed by atoms with Gasteiger partial charge in [-0.1, -0.05) is 43.7 Å². The lowest BCUT2D eigenvalue weighted by Gasteiger charge is -2.44. The van der Waals surface area contributed by atoms with E-state index in [1.54, 1.807) is 5.57 Å². The van der Waals surface area contributed by atoms with Crippen molar-refractivity contribution < 1.29 is 20.4 Å². The van der Waals surface area contributed by atoms with E-state index in [1.807, 2.05) is 0 Å². The smallest absolute Gasteiger partial charge is 0.111 e. The van der Waals surface area contributed by atoms with Crippen LogP contribution in [0.15, 0.2) is 35.5 Å². The molecule has 0 bridgehead atoms. The van der Waals surface area contributed by atoms with Gasteiger partial charge in [-0.05, 0) is 99.9 Å². The average molecular weight is 433 g/mol. The molecule has 3 unspecified atom stereocenters. The molecule has 3 rings (SSSR count). The monoisotopic (exact) mass is 432 g/mol. The number of rotatable bonds is 7. The summed E-state index contributed by atoms with van der Waals surface area (Å²) in [5.41, 5.74) is 2.82. The predicted molar refractivity (Wildman–Crippen MR) is 125 cm³/mol. The molecule has 0 spiro atoms. The summed E-state index contributed by atoms with van der Waals surface area (Å²) in [7, 11) is 0. The van der Waals surface area contributed by atoms with Crippen LogP contribution < -0.4 is 0 Å². The van der Waals surface area contributed by atoms with Gasteiger partial charge >= 0.3 is 0 Å². The molecule has 176 valence electrons. The first-order valence-corrected chi connectivity index (χ1v) is 12.4. The van der Waals surface area contributed by atoms with Crippen molar-refractivity contribution in [1.29, 1.82) is 0 Å². The Morgan fingerprint density at radius 3 is 2.65 bits per heavy atom. The van der Waals surface area contributed by atoms with Gasteiger partial charge in [0, 0.05) is 0 Å². The third-order valence-corrected chi connectivity index (χ3v) is 8.85. The molecule has 3 aliphatic carbocycles. The summed E-state index contributed by atoms with van der Waals surface area (Å²) in [6.45, 7) is 10.1. The van der Waals surface area contributed by atoms with Gasteiger partial charge in [0.1, 0.15) is 5.60 Å². The Morgan fingerprint density at radius 1 is 1.19 bits per heavy atom. The Kier molecular flexibility index (Phi) is 7.89. The molecule has 7 atom stereocenters. The Labute approximate surface area is 188 Å². The van der Waals surface area contributed by atoms with Gasteiger partial charge in [-0.15, -0.1) is 0 Å². The van der Waals surface area contributed by atoms with E-state index in [1.165, 1.54) is 43.8 Å². The molecule has 3 saturated carbocycles. The molecule has 0 aromatic carbocycles. The van der Waals surface area contributed by atoms with Crippen molar-refractivity contribution in [1.82, 2.24) is 0 Å². The van der Waals surface area contributed by atoms with E-state index in [0.717, 1.165) is 32.1 Å².